The molecule has 0 aliphatic rings. The predicted octanol–water partition coefficient (Wildman–Crippen LogP) is 1.78. The molecule has 0 bridgehead atoms. The monoisotopic (exact) mass is 193 g/mol. The summed E-state index contributed by atoms with van der Waals surface area (Å²) in [5.74, 6) is -2.52. The van der Waals surface area contributed by atoms with Crippen molar-refractivity contribution >= 4 is 11.6 Å². The highest BCUT2D eigenvalue weighted by molar-refractivity contribution is 6.31. The molecule has 0 heterocycles. The van der Waals surface area contributed by atoms with E-state index in [0.717, 1.165) is 6.07 Å². The summed E-state index contributed by atoms with van der Waals surface area (Å²) in [6, 6.07) is 0.730. The van der Waals surface area contributed by atoms with E-state index >= 15 is 0 Å². The van der Waals surface area contributed by atoms with Crippen molar-refractivity contribution in [3.05, 3.63) is 28.3 Å². The van der Waals surface area contributed by atoms with Crippen LogP contribution in [0.2, 0.25) is 5.02 Å². The highest BCUT2D eigenvalue weighted by Gasteiger charge is 2.15. The summed E-state index contributed by atoms with van der Waals surface area (Å²) in [6.45, 7) is -0.225. The fraction of sp³-hybridized carbons (Fsp3) is 0.143. The molecule has 0 amide bonds. The Kier molecular flexibility index (Phi) is 2.49. The molecule has 2 nitrogen and oxygen atoms in total. The Labute approximate surface area is 72.6 Å². The lowest BCUT2D eigenvalue weighted by atomic mass is 10.2. The zero-order chi connectivity index (χ0) is 9.30. The SMILES string of the molecule is NCc1c(O)cc(F)c(Cl)c1F. The van der Waals surface area contributed by atoms with Crippen LogP contribution in [0.5, 0.6) is 5.75 Å². The van der Waals surface area contributed by atoms with Gasteiger partial charge in [0, 0.05) is 18.2 Å². The third-order valence-electron chi connectivity index (χ3n) is 1.44. The second-order valence-corrected chi connectivity index (χ2v) is 2.57. The molecule has 0 unspecified atom stereocenters. The lowest BCUT2D eigenvalue weighted by Crippen LogP contribution is -2.01. The summed E-state index contributed by atoms with van der Waals surface area (Å²) >= 11 is 5.22. The molecule has 0 saturated heterocycles. The molecule has 1 aromatic carbocycles. The molecule has 0 fully saturated rings. The quantitative estimate of drug-likeness (QED) is 0.668. The van der Waals surface area contributed by atoms with Gasteiger partial charge < -0.3 is 10.8 Å². The Morgan fingerprint density at radius 3 is 2.58 bits per heavy atom. The van der Waals surface area contributed by atoms with Crippen molar-refractivity contribution in [2.45, 2.75) is 6.54 Å². The molecule has 0 aromatic heterocycles. The fourth-order valence-corrected chi connectivity index (χ4v) is 0.983. The molecule has 0 aliphatic carbocycles. The average molecular weight is 194 g/mol. The maximum atomic E-state index is 12.9. The molecule has 66 valence electrons. The minimum Gasteiger partial charge on any atom is -0.507 e. The molecular formula is C7H6ClF2NO. The van der Waals surface area contributed by atoms with Gasteiger partial charge in [0.05, 0.1) is 0 Å². The van der Waals surface area contributed by atoms with Gasteiger partial charge in [-0.05, 0) is 0 Å². The smallest absolute Gasteiger partial charge is 0.152 e. The first-order valence-corrected chi connectivity index (χ1v) is 3.51. The standard InChI is InChI=1S/C7H6ClF2NO/c8-6-4(9)1-5(12)3(2-11)7(6)10/h1,12H,2,11H2. The van der Waals surface area contributed by atoms with E-state index in [1.165, 1.54) is 0 Å². The number of phenols is 1. The van der Waals surface area contributed by atoms with Crippen molar-refractivity contribution < 1.29 is 13.9 Å². The van der Waals surface area contributed by atoms with Crippen molar-refractivity contribution in [2.75, 3.05) is 0 Å². The normalized spacial score (nSPS) is 10.3. The third-order valence-corrected chi connectivity index (χ3v) is 1.79. The Bertz CT molecular complexity index is 317. The lowest BCUT2D eigenvalue weighted by molar-refractivity contribution is 0.450. The molecule has 3 N–H and O–H groups in total. The summed E-state index contributed by atoms with van der Waals surface area (Å²) in [7, 11) is 0. The maximum absolute atomic E-state index is 12.9. The van der Waals surface area contributed by atoms with Crippen molar-refractivity contribution in [1.29, 1.82) is 0 Å². The number of phenolic OH excluding ortho intramolecular Hbond substituents is 1. The first-order chi connectivity index (χ1) is 5.57. The van der Waals surface area contributed by atoms with Crippen LogP contribution in [0.3, 0.4) is 0 Å². The molecule has 0 saturated carbocycles. The van der Waals surface area contributed by atoms with Crippen LogP contribution in [-0.4, -0.2) is 5.11 Å². The van der Waals surface area contributed by atoms with Crippen molar-refractivity contribution in [3.63, 3.8) is 0 Å². The van der Waals surface area contributed by atoms with Crippen LogP contribution in [0.4, 0.5) is 8.78 Å². The summed E-state index contributed by atoms with van der Waals surface area (Å²) in [5, 5.41) is 8.33. The summed E-state index contributed by atoms with van der Waals surface area (Å²) in [4.78, 5) is 0. The van der Waals surface area contributed by atoms with Crippen LogP contribution in [0.25, 0.3) is 0 Å². The minimum absolute atomic E-state index is 0.179. The zero-order valence-corrected chi connectivity index (χ0v) is 6.70. The second-order valence-electron chi connectivity index (χ2n) is 2.19. The van der Waals surface area contributed by atoms with E-state index in [9.17, 15) is 8.78 Å². The largest absolute Gasteiger partial charge is 0.507 e. The van der Waals surface area contributed by atoms with Crippen LogP contribution in [0, 0.1) is 11.6 Å². The van der Waals surface area contributed by atoms with Gasteiger partial charge in [-0.3, -0.25) is 0 Å². The molecule has 0 aliphatic heterocycles. The van der Waals surface area contributed by atoms with Gasteiger partial charge in [0.15, 0.2) is 5.82 Å². The van der Waals surface area contributed by atoms with E-state index in [0.29, 0.717) is 0 Å². The van der Waals surface area contributed by atoms with Crippen LogP contribution < -0.4 is 5.73 Å². The van der Waals surface area contributed by atoms with Crippen molar-refractivity contribution in [2.24, 2.45) is 5.73 Å². The second kappa shape index (κ2) is 3.25. The van der Waals surface area contributed by atoms with E-state index in [4.69, 9.17) is 22.4 Å². The Hall–Kier alpha value is -0.870. The number of hydrogen-bond donors (Lipinski definition) is 2. The number of hydrogen-bond acceptors (Lipinski definition) is 2. The minimum atomic E-state index is -1.00. The van der Waals surface area contributed by atoms with Gasteiger partial charge in [-0.2, -0.15) is 0 Å². The van der Waals surface area contributed by atoms with Gasteiger partial charge >= 0.3 is 0 Å². The lowest BCUT2D eigenvalue weighted by Gasteiger charge is -2.04. The van der Waals surface area contributed by atoms with Gasteiger partial charge in [0.2, 0.25) is 0 Å². The molecule has 0 atom stereocenters. The number of benzene rings is 1. The van der Waals surface area contributed by atoms with E-state index in [-0.39, 0.29) is 12.1 Å². The predicted molar refractivity (Wildman–Crippen MR) is 40.9 cm³/mol. The number of rotatable bonds is 1. The Morgan fingerprint density at radius 1 is 1.50 bits per heavy atom. The van der Waals surface area contributed by atoms with E-state index in [1.54, 1.807) is 0 Å². The summed E-state index contributed by atoms with van der Waals surface area (Å²) in [6.07, 6.45) is 0. The highest BCUT2D eigenvalue weighted by Crippen LogP contribution is 2.28. The molecule has 1 aromatic rings. The molecule has 1 rings (SSSR count). The van der Waals surface area contributed by atoms with E-state index in [2.05, 4.69) is 0 Å². The van der Waals surface area contributed by atoms with Crippen molar-refractivity contribution in [1.82, 2.24) is 0 Å². The Balaban J connectivity index is 3.40. The van der Waals surface area contributed by atoms with Gasteiger partial charge in [0.25, 0.3) is 0 Å². The van der Waals surface area contributed by atoms with Gasteiger partial charge in [0.1, 0.15) is 16.6 Å². The first-order valence-electron chi connectivity index (χ1n) is 3.13. The number of halogens is 3. The van der Waals surface area contributed by atoms with Crippen LogP contribution in [-0.2, 0) is 6.54 Å². The van der Waals surface area contributed by atoms with E-state index < -0.39 is 22.4 Å². The molecule has 5 heteroatoms. The molecule has 0 spiro atoms. The summed E-state index contributed by atoms with van der Waals surface area (Å²) < 4.78 is 25.5. The van der Waals surface area contributed by atoms with Crippen molar-refractivity contribution in [3.8, 4) is 5.75 Å². The topological polar surface area (TPSA) is 46.2 Å². The molecule has 0 radical (unpaired) electrons. The molecule has 12 heavy (non-hydrogen) atoms. The number of nitrogens with two attached hydrogens (primary N) is 1. The fourth-order valence-electron chi connectivity index (χ4n) is 0.814. The maximum Gasteiger partial charge on any atom is 0.152 e. The first kappa shape index (κ1) is 9.22. The average Bonchev–Trinajstić information content (AvgIpc) is 2.01. The van der Waals surface area contributed by atoms with Gasteiger partial charge in [-0.1, -0.05) is 11.6 Å². The van der Waals surface area contributed by atoms with Gasteiger partial charge in [-0.15, -0.1) is 0 Å². The highest BCUT2D eigenvalue weighted by atomic mass is 35.5. The summed E-state index contributed by atoms with van der Waals surface area (Å²) in [5.41, 5.74) is 4.91. The Morgan fingerprint density at radius 2 is 2.08 bits per heavy atom. The number of aromatic hydroxyl groups is 1. The van der Waals surface area contributed by atoms with Crippen LogP contribution >= 0.6 is 11.6 Å². The van der Waals surface area contributed by atoms with Crippen LogP contribution in [0.15, 0.2) is 6.07 Å². The zero-order valence-electron chi connectivity index (χ0n) is 5.94. The van der Waals surface area contributed by atoms with Crippen LogP contribution in [0.1, 0.15) is 5.56 Å². The van der Waals surface area contributed by atoms with E-state index in [1.807, 2.05) is 0 Å². The molecular weight excluding hydrogens is 188 g/mol. The third kappa shape index (κ3) is 1.35. The van der Waals surface area contributed by atoms with Gasteiger partial charge in [-0.25, -0.2) is 8.78 Å².